The van der Waals surface area contributed by atoms with Gasteiger partial charge in [0.15, 0.2) is 0 Å². The molecule has 0 radical (unpaired) electrons. The molecule has 1 amide bonds. The summed E-state index contributed by atoms with van der Waals surface area (Å²) in [6, 6.07) is 0.0739. The van der Waals surface area contributed by atoms with Crippen molar-refractivity contribution in [3.05, 3.63) is 0 Å². The number of hydrogen-bond donors (Lipinski definition) is 2. The molecule has 0 saturated heterocycles. The maximum atomic E-state index is 11.5. The van der Waals surface area contributed by atoms with Gasteiger partial charge in [0.1, 0.15) is 5.60 Å². The number of carbonyl (C=O) groups excluding carboxylic acids is 1. The fourth-order valence-electron chi connectivity index (χ4n) is 1.52. The third-order valence-corrected chi connectivity index (χ3v) is 2.33. The van der Waals surface area contributed by atoms with Crippen LogP contribution in [0.25, 0.3) is 0 Å². The Hall–Kier alpha value is -0.770. The van der Waals surface area contributed by atoms with Crippen LogP contribution in [0.2, 0.25) is 0 Å². The predicted molar refractivity (Wildman–Crippen MR) is 57.6 cm³/mol. The number of aliphatic hydroxyl groups is 1. The second-order valence-corrected chi connectivity index (χ2v) is 5.10. The van der Waals surface area contributed by atoms with E-state index in [0.29, 0.717) is 12.3 Å². The van der Waals surface area contributed by atoms with Crippen LogP contribution in [0.1, 0.15) is 40.0 Å². The first kappa shape index (κ1) is 12.3. The van der Waals surface area contributed by atoms with Crippen LogP contribution in [0, 0.1) is 5.92 Å². The van der Waals surface area contributed by atoms with Crippen molar-refractivity contribution in [2.24, 2.45) is 5.92 Å². The van der Waals surface area contributed by atoms with Gasteiger partial charge in [-0.05, 0) is 46.0 Å². The quantitative estimate of drug-likeness (QED) is 0.750. The summed E-state index contributed by atoms with van der Waals surface area (Å²) in [5.74, 6) is 0.532. The number of amides is 1. The van der Waals surface area contributed by atoms with E-state index in [4.69, 9.17) is 9.84 Å². The topological polar surface area (TPSA) is 58.6 Å². The van der Waals surface area contributed by atoms with E-state index < -0.39 is 5.60 Å². The molecule has 0 aromatic carbocycles. The summed E-state index contributed by atoms with van der Waals surface area (Å²) in [5, 5.41) is 11.7. The molecule has 0 heterocycles. The molecule has 1 unspecified atom stereocenters. The monoisotopic (exact) mass is 215 g/mol. The van der Waals surface area contributed by atoms with Crippen molar-refractivity contribution in [3.8, 4) is 0 Å². The van der Waals surface area contributed by atoms with Crippen LogP contribution < -0.4 is 5.32 Å². The van der Waals surface area contributed by atoms with Gasteiger partial charge in [0, 0.05) is 12.6 Å². The minimum absolute atomic E-state index is 0.0739. The summed E-state index contributed by atoms with van der Waals surface area (Å²) in [6.45, 7) is 5.62. The molecule has 2 N–H and O–H groups in total. The van der Waals surface area contributed by atoms with Crippen LogP contribution in [0.4, 0.5) is 4.79 Å². The van der Waals surface area contributed by atoms with Gasteiger partial charge < -0.3 is 15.2 Å². The lowest BCUT2D eigenvalue weighted by Gasteiger charge is -2.23. The van der Waals surface area contributed by atoms with E-state index in [1.54, 1.807) is 0 Å². The first-order valence-electron chi connectivity index (χ1n) is 5.53. The van der Waals surface area contributed by atoms with E-state index in [1.807, 2.05) is 20.8 Å². The summed E-state index contributed by atoms with van der Waals surface area (Å²) in [5.41, 5.74) is -0.461. The van der Waals surface area contributed by atoms with Gasteiger partial charge in [-0.25, -0.2) is 4.79 Å². The second-order valence-electron chi connectivity index (χ2n) is 5.10. The maximum Gasteiger partial charge on any atom is 0.407 e. The molecule has 4 heteroatoms. The third kappa shape index (κ3) is 5.02. The first-order valence-corrected chi connectivity index (χ1v) is 5.53. The van der Waals surface area contributed by atoms with E-state index in [1.165, 1.54) is 0 Å². The number of nitrogens with one attached hydrogen (secondary N) is 1. The second kappa shape index (κ2) is 4.84. The molecule has 88 valence electrons. The zero-order chi connectivity index (χ0) is 11.5. The Morgan fingerprint density at radius 1 is 1.53 bits per heavy atom. The molecular formula is C11H21NO3. The van der Waals surface area contributed by atoms with Crippen molar-refractivity contribution in [3.63, 3.8) is 0 Å². The highest BCUT2D eigenvalue weighted by Gasteiger charge is 2.32. The van der Waals surface area contributed by atoms with E-state index in [0.717, 1.165) is 12.8 Å². The normalized spacial score (nSPS) is 18.4. The van der Waals surface area contributed by atoms with Crippen molar-refractivity contribution in [1.29, 1.82) is 0 Å². The molecule has 0 bridgehead atoms. The Kier molecular flexibility index (Phi) is 3.97. The van der Waals surface area contributed by atoms with Gasteiger partial charge >= 0.3 is 6.09 Å². The van der Waals surface area contributed by atoms with Gasteiger partial charge in [-0.1, -0.05) is 0 Å². The zero-order valence-electron chi connectivity index (χ0n) is 9.75. The van der Waals surface area contributed by atoms with Crippen LogP contribution in [0.15, 0.2) is 0 Å². The smallest absolute Gasteiger partial charge is 0.407 e. The Balaban J connectivity index is 2.33. The molecule has 0 aliphatic heterocycles. The lowest BCUT2D eigenvalue weighted by atomic mass is 10.1. The largest absolute Gasteiger partial charge is 0.444 e. The van der Waals surface area contributed by atoms with Crippen molar-refractivity contribution >= 4 is 6.09 Å². The minimum Gasteiger partial charge on any atom is -0.444 e. The molecule has 1 fully saturated rings. The average molecular weight is 215 g/mol. The molecule has 0 spiro atoms. The fraction of sp³-hybridized carbons (Fsp3) is 0.909. The molecule has 1 aliphatic carbocycles. The predicted octanol–water partition coefficient (Wildman–Crippen LogP) is 1.67. The highest BCUT2D eigenvalue weighted by Crippen LogP contribution is 2.34. The van der Waals surface area contributed by atoms with Crippen LogP contribution in [0.3, 0.4) is 0 Å². The minimum atomic E-state index is -0.461. The van der Waals surface area contributed by atoms with E-state index >= 15 is 0 Å². The highest BCUT2D eigenvalue weighted by atomic mass is 16.6. The van der Waals surface area contributed by atoms with Gasteiger partial charge in [0.2, 0.25) is 0 Å². The fourth-order valence-corrected chi connectivity index (χ4v) is 1.52. The number of ether oxygens (including phenoxy) is 1. The SMILES string of the molecule is CC(C)(C)OC(=O)NC(CCO)C1CC1. The molecule has 0 aromatic rings. The standard InChI is InChI=1S/C11H21NO3/c1-11(2,3)15-10(14)12-9(6-7-13)8-4-5-8/h8-9,13H,4-7H2,1-3H3,(H,12,14). The van der Waals surface area contributed by atoms with Crippen molar-refractivity contribution in [1.82, 2.24) is 5.32 Å². The Morgan fingerprint density at radius 2 is 2.13 bits per heavy atom. The van der Waals surface area contributed by atoms with Gasteiger partial charge in [-0.15, -0.1) is 0 Å². The van der Waals surface area contributed by atoms with E-state index in [2.05, 4.69) is 5.32 Å². The summed E-state index contributed by atoms with van der Waals surface area (Å²) in [6.07, 6.45) is 2.51. The molecular weight excluding hydrogens is 194 g/mol. The van der Waals surface area contributed by atoms with Gasteiger partial charge in [0.05, 0.1) is 0 Å². The number of aliphatic hydroxyl groups excluding tert-OH is 1. The summed E-state index contributed by atoms with van der Waals surface area (Å²) >= 11 is 0. The lowest BCUT2D eigenvalue weighted by molar-refractivity contribution is 0.0490. The molecule has 4 nitrogen and oxygen atoms in total. The highest BCUT2D eigenvalue weighted by molar-refractivity contribution is 5.68. The molecule has 1 saturated carbocycles. The number of carbonyl (C=O) groups is 1. The van der Waals surface area contributed by atoms with Crippen molar-refractivity contribution < 1.29 is 14.6 Å². The van der Waals surface area contributed by atoms with Gasteiger partial charge in [0.25, 0.3) is 0 Å². The lowest BCUT2D eigenvalue weighted by Crippen LogP contribution is -2.40. The third-order valence-electron chi connectivity index (χ3n) is 2.33. The van der Waals surface area contributed by atoms with Gasteiger partial charge in [-0.2, -0.15) is 0 Å². The Labute approximate surface area is 91.0 Å². The van der Waals surface area contributed by atoms with Crippen LogP contribution in [-0.4, -0.2) is 29.4 Å². The molecule has 15 heavy (non-hydrogen) atoms. The van der Waals surface area contributed by atoms with Crippen LogP contribution in [0.5, 0.6) is 0 Å². The maximum absolute atomic E-state index is 11.5. The molecule has 1 aliphatic rings. The zero-order valence-corrected chi connectivity index (χ0v) is 9.75. The number of rotatable bonds is 4. The number of alkyl carbamates (subject to hydrolysis) is 1. The average Bonchev–Trinajstić information content (AvgIpc) is 2.81. The molecule has 1 atom stereocenters. The van der Waals surface area contributed by atoms with Gasteiger partial charge in [-0.3, -0.25) is 0 Å². The summed E-state index contributed by atoms with van der Waals surface area (Å²) in [7, 11) is 0. The Bertz CT molecular complexity index is 218. The van der Waals surface area contributed by atoms with E-state index in [-0.39, 0.29) is 18.7 Å². The molecule has 1 rings (SSSR count). The number of hydrogen-bond acceptors (Lipinski definition) is 3. The van der Waals surface area contributed by atoms with Crippen LogP contribution >= 0.6 is 0 Å². The summed E-state index contributed by atoms with van der Waals surface area (Å²) < 4.78 is 5.16. The first-order chi connectivity index (χ1) is 6.92. The van der Waals surface area contributed by atoms with Crippen LogP contribution in [-0.2, 0) is 4.74 Å². The molecule has 0 aromatic heterocycles. The van der Waals surface area contributed by atoms with Crippen molar-refractivity contribution in [2.45, 2.75) is 51.7 Å². The van der Waals surface area contributed by atoms with E-state index in [9.17, 15) is 4.79 Å². The Morgan fingerprint density at radius 3 is 2.53 bits per heavy atom. The summed E-state index contributed by atoms with van der Waals surface area (Å²) in [4.78, 5) is 11.5. The van der Waals surface area contributed by atoms with Crippen molar-refractivity contribution in [2.75, 3.05) is 6.61 Å².